The molecule has 35 heavy (non-hydrogen) atoms. The van der Waals surface area contributed by atoms with Crippen LogP contribution in [-0.4, -0.2) is 59.0 Å². The molecule has 0 bridgehead atoms. The number of carbonyl (C=O) groups excluding carboxylic acids is 3. The largest absolute Gasteiger partial charge is 0.294 e. The molecule has 0 aliphatic carbocycles. The molecular weight excluding hydrogens is 444 g/mol. The van der Waals surface area contributed by atoms with Crippen molar-refractivity contribution in [3.8, 4) is 0 Å². The Morgan fingerprint density at radius 1 is 1.00 bits per heavy atom. The Morgan fingerprint density at radius 2 is 1.66 bits per heavy atom. The minimum absolute atomic E-state index is 0.136. The molecule has 1 aromatic carbocycles. The number of hydrazine groups is 1. The number of nitrogens with zero attached hydrogens (tertiary/aromatic N) is 2. The number of likely N-dealkylation sites (tertiary alicyclic amines) is 1. The number of nitrogens with one attached hydrogen (secondary N) is 2. The van der Waals surface area contributed by atoms with Crippen molar-refractivity contribution in [2.24, 2.45) is 23.7 Å². The highest BCUT2D eigenvalue weighted by Gasteiger charge is 2.35. The zero-order valence-corrected chi connectivity index (χ0v) is 21.6. The van der Waals surface area contributed by atoms with Crippen molar-refractivity contribution < 1.29 is 19.6 Å². The third-order valence-electron chi connectivity index (χ3n) is 6.15. The second-order valence-corrected chi connectivity index (χ2v) is 10.2. The van der Waals surface area contributed by atoms with Gasteiger partial charge >= 0.3 is 0 Å². The summed E-state index contributed by atoms with van der Waals surface area (Å²) in [5, 5.41) is 10.8. The van der Waals surface area contributed by atoms with Gasteiger partial charge in [0.25, 0.3) is 5.91 Å². The van der Waals surface area contributed by atoms with E-state index in [1.807, 2.05) is 70.2 Å². The molecule has 1 fully saturated rings. The van der Waals surface area contributed by atoms with Crippen molar-refractivity contribution in [2.75, 3.05) is 26.2 Å². The van der Waals surface area contributed by atoms with Gasteiger partial charge in [0.05, 0.1) is 18.4 Å². The van der Waals surface area contributed by atoms with Gasteiger partial charge in [0.15, 0.2) is 0 Å². The number of allylic oxidation sites excluding steroid dienone is 1. The lowest BCUT2D eigenvalue weighted by atomic mass is 9.82. The van der Waals surface area contributed by atoms with Crippen molar-refractivity contribution in [3.05, 3.63) is 42.0 Å². The standard InChI is InChI=1S/C27H42N4O4/c1-20(2)17-24(23(27(34)29-35)14-10-13-22-11-6-5-7-12-22)26(33)28-31(18-21(3)4)25(32)19-30-15-8-9-16-30/h5-7,10-13,20-21,23-24,35H,8-9,14-19H2,1-4H3,(H,28,33)(H,29,34)/t23-,24+/m0/s1. The first kappa shape index (κ1) is 28.5. The number of hydroxylamine groups is 1. The van der Waals surface area contributed by atoms with Crippen LogP contribution in [-0.2, 0) is 14.4 Å². The van der Waals surface area contributed by atoms with Crippen LogP contribution in [0, 0.1) is 23.7 Å². The van der Waals surface area contributed by atoms with Crippen LogP contribution < -0.4 is 10.9 Å². The second kappa shape index (κ2) is 14.6. The zero-order valence-electron chi connectivity index (χ0n) is 21.6. The van der Waals surface area contributed by atoms with E-state index in [2.05, 4.69) is 10.3 Å². The van der Waals surface area contributed by atoms with E-state index in [1.54, 1.807) is 5.48 Å². The van der Waals surface area contributed by atoms with Gasteiger partial charge in [0, 0.05) is 6.54 Å². The maximum atomic E-state index is 13.5. The van der Waals surface area contributed by atoms with Crippen LogP contribution in [0.2, 0.25) is 0 Å². The van der Waals surface area contributed by atoms with E-state index in [4.69, 9.17) is 0 Å². The Bertz CT molecular complexity index is 835. The summed E-state index contributed by atoms with van der Waals surface area (Å²) in [6.45, 7) is 10.4. The highest BCUT2D eigenvalue weighted by Crippen LogP contribution is 2.26. The average molecular weight is 487 g/mol. The van der Waals surface area contributed by atoms with E-state index < -0.39 is 17.7 Å². The van der Waals surface area contributed by atoms with Crippen LogP contribution in [0.1, 0.15) is 58.9 Å². The Kier molecular flexibility index (Phi) is 11.9. The van der Waals surface area contributed by atoms with Crippen molar-refractivity contribution >= 4 is 23.8 Å². The first-order chi connectivity index (χ1) is 16.7. The van der Waals surface area contributed by atoms with E-state index in [1.165, 1.54) is 5.01 Å². The van der Waals surface area contributed by atoms with E-state index >= 15 is 0 Å². The van der Waals surface area contributed by atoms with Gasteiger partial charge in [-0.1, -0.05) is 70.2 Å². The van der Waals surface area contributed by atoms with E-state index in [9.17, 15) is 19.6 Å². The molecule has 1 saturated heterocycles. The fraction of sp³-hybridized carbons (Fsp3) is 0.593. The minimum Gasteiger partial charge on any atom is -0.294 e. The number of amides is 3. The molecule has 1 aliphatic rings. The second-order valence-electron chi connectivity index (χ2n) is 10.2. The maximum absolute atomic E-state index is 13.5. The number of rotatable bonds is 12. The average Bonchev–Trinajstić information content (AvgIpc) is 3.33. The molecule has 8 nitrogen and oxygen atoms in total. The number of hydrogen-bond acceptors (Lipinski definition) is 5. The van der Waals surface area contributed by atoms with Crippen molar-refractivity contribution in [1.29, 1.82) is 0 Å². The van der Waals surface area contributed by atoms with Gasteiger partial charge in [-0.3, -0.25) is 34.9 Å². The molecule has 3 amide bonds. The predicted octanol–water partition coefficient (Wildman–Crippen LogP) is 3.49. The third kappa shape index (κ3) is 9.82. The Balaban J connectivity index is 2.20. The maximum Gasteiger partial charge on any atom is 0.255 e. The lowest BCUT2D eigenvalue weighted by Gasteiger charge is -2.31. The molecule has 0 radical (unpaired) electrons. The SMILES string of the molecule is CC(C)C[C@@H](C(=O)NN(CC(C)C)C(=O)CN1CCCC1)[C@H](CC=Cc1ccccc1)C(=O)NO. The Morgan fingerprint density at radius 3 is 2.23 bits per heavy atom. The molecule has 1 aliphatic heterocycles. The van der Waals surface area contributed by atoms with Gasteiger partial charge in [0.2, 0.25) is 11.8 Å². The molecule has 2 rings (SSSR count). The van der Waals surface area contributed by atoms with Crippen molar-refractivity contribution in [3.63, 3.8) is 0 Å². The molecule has 8 heteroatoms. The van der Waals surface area contributed by atoms with Crippen LogP contribution in [0.5, 0.6) is 0 Å². The molecule has 194 valence electrons. The molecule has 0 spiro atoms. The summed E-state index contributed by atoms with van der Waals surface area (Å²) in [7, 11) is 0. The summed E-state index contributed by atoms with van der Waals surface area (Å²) in [4.78, 5) is 41.3. The number of benzene rings is 1. The Hall–Kier alpha value is -2.71. The lowest BCUT2D eigenvalue weighted by molar-refractivity contribution is -0.148. The van der Waals surface area contributed by atoms with E-state index in [0.717, 1.165) is 31.5 Å². The minimum atomic E-state index is -0.781. The third-order valence-corrected chi connectivity index (χ3v) is 6.15. The first-order valence-corrected chi connectivity index (χ1v) is 12.7. The molecule has 0 aromatic heterocycles. The lowest BCUT2D eigenvalue weighted by Crippen LogP contribution is -2.54. The smallest absolute Gasteiger partial charge is 0.255 e. The summed E-state index contributed by atoms with van der Waals surface area (Å²) < 4.78 is 0. The van der Waals surface area contributed by atoms with E-state index in [0.29, 0.717) is 13.0 Å². The fourth-order valence-corrected chi connectivity index (χ4v) is 4.42. The molecule has 0 unspecified atom stereocenters. The molecular formula is C27H42N4O4. The van der Waals surface area contributed by atoms with Gasteiger partial charge in [-0.15, -0.1) is 0 Å². The molecule has 1 aromatic rings. The molecule has 3 N–H and O–H groups in total. The zero-order chi connectivity index (χ0) is 25.8. The van der Waals surface area contributed by atoms with Crippen LogP contribution >= 0.6 is 0 Å². The van der Waals surface area contributed by atoms with E-state index in [-0.39, 0.29) is 36.6 Å². The summed E-state index contributed by atoms with van der Waals surface area (Å²) in [5.41, 5.74) is 5.55. The van der Waals surface area contributed by atoms with Crippen molar-refractivity contribution in [1.82, 2.24) is 20.8 Å². The van der Waals surface area contributed by atoms with Gasteiger partial charge in [0.1, 0.15) is 0 Å². The number of carbonyl (C=O) groups is 3. The number of hydrogen-bond donors (Lipinski definition) is 3. The normalized spacial score (nSPS) is 16.0. The summed E-state index contributed by atoms with van der Waals surface area (Å²) >= 11 is 0. The van der Waals surface area contributed by atoms with Crippen LogP contribution in [0.25, 0.3) is 6.08 Å². The highest BCUT2D eigenvalue weighted by atomic mass is 16.5. The van der Waals surface area contributed by atoms with Gasteiger partial charge in [-0.05, 0) is 56.2 Å². The van der Waals surface area contributed by atoms with Gasteiger partial charge < -0.3 is 0 Å². The van der Waals surface area contributed by atoms with Gasteiger partial charge in [-0.25, -0.2) is 5.48 Å². The van der Waals surface area contributed by atoms with Gasteiger partial charge in [-0.2, -0.15) is 0 Å². The van der Waals surface area contributed by atoms with Crippen LogP contribution in [0.3, 0.4) is 0 Å². The topological polar surface area (TPSA) is 102 Å². The fourth-order valence-electron chi connectivity index (χ4n) is 4.42. The van der Waals surface area contributed by atoms with Crippen LogP contribution in [0.4, 0.5) is 0 Å². The van der Waals surface area contributed by atoms with Crippen LogP contribution in [0.15, 0.2) is 36.4 Å². The first-order valence-electron chi connectivity index (χ1n) is 12.7. The summed E-state index contributed by atoms with van der Waals surface area (Å²) in [6.07, 6.45) is 6.62. The molecule has 1 heterocycles. The predicted molar refractivity (Wildman–Crippen MR) is 137 cm³/mol. The quantitative estimate of drug-likeness (QED) is 0.310. The highest BCUT2D eigenvalue weighted by molar-refractivity contribution is 5.89. The molecule has 2 atom stereocenters. The van der Waals surface area contributed by atoms with Crippen molar-refractivity contribution in [2.45, 2.75) is 53.4 Å². The summed E-state index contributed by atoms with van der Waals surface area (Å²) in [5.74, 6) is -2.33. The monoisotopic (exact) mass is 486 g/mol. The molecule has 0 saturated carbocycles. The Labute approximate surface area is 209 Å². The summed E-state index contributed by atoms with van der Waals surface area (Å²) in [6, 6.07) is 9.68.